The summed E-state index contributed by atoms with van der Waals surface area (Å²) in [6.07, 6.45) is 5.83. The summed E-state index contributed by atoms with van der Waals surface area (Å²) in [5.41, 5.74) is 2.91. The molecule has 0 amide bonds. The fraction of sp³-hybridized carbons (Fsp3) is 0.571. The molecule has 0 bridgehead atoms. The van der Waals surface area contributed by atoms with E-state index in [0.29, 0.717) is 10.0 Å². The molecule has 1 aliphatic heterocycles. The molecular weight excluding hydrogens is 311 g/mol. The van der Waals surface area contributed by atoms with Gasteiger partial charge in [-0.25, -0.2) is 0 Å². The van der Waals surface area contributed by atoms with E-state index in [1.54, 1.807) is 0 Å². The number of hydrogen-bond acceptors (Lipinski definition) is 1. The molecular formula is C14H17IO. The van der Waals surface area contributed by atoms with Gasteiger partial charge in [-0.1, -0.05) is 59.7 Å². The Labute approximate surface area is 111 Å². The molecule has 1 aliphatic carbocycles. The Hall–Kier alpha value is -0.0900. The number of alkyl halides is 1. The highest BCUT2D eigenvalue weighted by Gasteiger charge is 2.35. The molecule has 86 valence electrons. The van der Waals surface area contributed by atoms with Crippen molar-refractivity contribution in [2.75, 3.05) is 0 Å². The molecule has 1 nitrogen and oxygen atoms in total. The summed E-state index contributed by atoms with van der Waals surface area (Å²) in [6.45, 7) is 0.816. The molecule has 1 heterocycles. The highest BCUT2D eigenvalue weighted by Crippen LogP contribution is 2.45. The molecule has 1 saturated carbocycles. The van der Waals surface area contributed by atoms with Crippen molar-refractivity contribution >= 4 is 22.6 Å². The van der Waals surface area contributed by atoms with E-state index in [1.165, 1.54) is 36.8 Å². The van der Waals surface area contributed by atoms with Gasteiger partial charge in [-0.2, -0.15) is 0 Å². The van der Waals surface area contributed by atoms with Gasteiger partial charge in [0, 0.05) is 9.84 Å². The van der Waals surface area contributed by atoms with Crippen LogP contribution < -0.4 is 0 Å². The molecule has 0 radical (unpaired) electrons. The van der Waals surface area contributed by atoms with Crippen LogP contribution in [0.1, 0.15) is 40.7 Å². The Kier molecular flexibility index (Phi) is 3.20. The number of rotatable bonds is 0. The van der Waals surface area contributed by atoms with E-state index in [1.807, 2.05) is 0 Å². The monoisotopic (exact) mass is 328 g/mol. The summed E-state index contributed by atoms with van der Waals surface area (Å²) >= 11 is 2.63. The van der Waals surface area contributed by atoms with Crippen LogP contribution in [-0.2, 0) is 11.3 Å². The fourth-order valence-electron chi connectivity index (χ4n) is 3.03. The SMILES string of the molecule is IC1c2ccccc2COC2CCCCC21. The molecule has 3 unspecified atom stereocenters. The summed E-state index contributed by atoms with van der Waals surface area (Å²) in [7, 11) is 0. The highest BCUT2D eigenvalue weighted by molar-refractivity contribution is 14.1. The lowest BCUT2D eigenvalue weighted by molar-refractivity contribution is -0.0139. The van der Waals surface area contributed by atoms with E-state index in [9.17, 15) is 0 Å². The van der Waals surface area contributed by atoms with Gasteiger partial charge in [0.15, 0.2) is 0 Å². The summed E-state index contributed by atoms with van der Waals surface area (Å²) in [5, 5.41) is 0. The lowest BCUT2D eigenvalue weighted by Crippen LogP contribution is -2.28. The van der Waals surface area contributed by atoms with Gasteiger partial charge in [0.1, 0.15) is 0 Å². The Morgan fingerprint density at radius 3 is 2.88 bits per heavy atom. The summed E-state index contributed by atoms with van der Waals surface area (Å²) in [6, 6.07) is 8.79. The smallest absolute Gasteiger partial charge is 0.0723 e. The topological polar surface area (TPSA) is 9.23 Å². The van der Waals surface area contributed by atoms with Gasteiger partial charge in [0.05, 0.1) is 12.7 Å². The standard InChI is InChI=1S/C14H17IO/c15-14-11-6-2-1-5-10(11)9-16-13-8-4-3-7-12(13)14/h1-2,5-6,12-14H,3-4,7-9H2. The molecule has 3 rings (SSSR count). The maximum Gasteiger partial charge on any atom is 0.0723 e. The second-order valence-corrected chi connectivity index (χ2v) is 6.24. The van der Waals surface area contributed by atoms with Gasteiger partial charge >= 0.3 is 0 Å². The first-order valence-electron chi connectivity index (χ1n) is 6.20. The van der Waals surface area contributed by atoms with Crippen LogP contribution in [0.3, 0.4) is 0 Å². The van der Waals surface area contributed by atoms with Crippen molar-refractivity contribution in [2.24, 2.45) is 5.92 Å². The maximum atomic E-state index is 6.10. The normalized spacial score (nSPS) is 33.7. The van der Waals surface area contributed by atoms with Crippen LogP contribution in [0.15, 0.2) is 24.3 Å². The van der Waals surface area contributed by atoms with E-state index < -0.39 is 0 Å². The molecule has 0 spiro atoms. The predicted molar refractivity (Wildman–Crippen MR) is 73.7 cm³/mol. The fourth-order valence-corrected chi connectivity index (χ4v) is 4.46. The Morgan fingerprint density at radius 1 is 1.12 bits per heavy atom. The lowest BCUT2D eigenvalue weighted by atomic mass is 9.82. The quantitative estimate of drug-likeness (QED) is 0.511. The van der Waals surface area contributed by atoms with Crippen molar-refractivity contribution in [3.05, 3.63) is 35.4 Å². The first-order chi connectivity index (χ1) is 7.86. The van der Waals surface area contributed by atoms with Crippen molar-refractivity contribution < 1.29 is 4.74 Å². The number of halogens is 1. The van der Waals surface area contributed by atoms with Crippen molar-refractivity contribution in [3.8, 4) is 0 Å². The van der Waals surface area contributed by atoms with Gasteiger partial charge < -0.3 is 4.74 Å². The van der Waals surface area contributed by atoms with Crippen molar-refractivity contribution in [2.45, 2.75) is 42.3 Å². The van der Waals surface area contributed by atoms with Crippen LogP contribution in [0.25, 0.3) is 0 Å². The van der Waals surface area contributed by atoms with Gasteiger partial charge in [0.2, 0.25) is 0 Å². The van der Waals surface area contributed by atoms with Crippen molar-refractivity contribution in [1.82, 2.24) is 0 Å². The zero-order valence-electron chi connectivity index (χ0n) is 9.36. The predicted octanol–water partition coefficient (Wildman–Crippen LogP) is 4.25. The third-order valence-electron chi connectivity index (χ3n) is 3.93. The summed E-state index contributed by atoms with van der Waals surface area (Å²) < 4.78 is 6.74. The average Bonchev–Trinajstić information content (AvgIpc) is 2.49. The van der Waals surface area contributed by atoms with Gasteiger partial charge in [-0.3, -0.25) is 0 Å². The molecule has 1 fully saturated rings. The van der Waals surface area contributed by atoms with Crippen molar-refractivity contribution in [1.29, 1.82) is 0 Å². The van der Waals surface area contributed by atoms with Gasteiger partial charge in [-0.15, -0.1) is 0 Å². The largest absolute Gasteiger partial charge is 0.373 e. The number of ether oxygens (including phenoxy) is 1. The van der Waals surface area contributed by atoms with Crippen LogP contribution in [0.4, 0.5) is 0 Å². The molecule has 0 N–H and O–H groups in total. The van der Waals surface area contributed by atoms with E-state index in [-0.39, 0.29) is 0 Å². The van der Waals surface area contributed by atoms with Crippen LogP contribution >= 0.6 is 22.6 Å². The Balaban J connectivity index is 1.96. The van der Waals surface area contributed by atoms with Crippen LogP contribution in [-0.4, -0.2) is 6.10 Å². The maximum absolute atomic E-state index is 6.10. The minimum absolute atomic E-state index is 0.503. The number of benzene rings is 1. The number of fused-ring (bicyclic) bond motifs is 2. The second-order valence-electron chi connectivity index (χ2n) is 4.90. The summed E-state index contributed by atoms with van der Waals surface area (Å²) in [4.78, 5) is 0. The summed E-state index contributed by atoms with van der Waals surface area (Å²) in [5.74, 6) is 0.734. The van der Waals surface area contributed by atoms with Crippen LogP contribution in [0, 0.1) is 5.92 Å². The molecule has 0 aromatic heterocycles. The first kappa shape index (κ1) is 11.0. The number of hydrogen-bond donors (Lipinski definition) is 0. The Bertz CT molecular complexity index is 377. The van der Waals surface area contributed by atoms with Gasteiger partial charge in [-0.05, 0) is 24.0 Å². The van der Waals surface area contributed by atoms with E-state index >= 15 is 0 Å². The molecule has 16 heavy (non-hydrogen) atoms. The molecule has 3 atom stereocenters. The van der Waals surface area contributed by atoms with E-state index in [0.717, 1.165) is 12.5 Å². The molecule has 2 heteroatoms. The minimum Gasteiger partial charge on any atom is -0.373 e. The second kappa shape index (κ2) is 4.65. The Morgan fingerprint density at radius 2 is 1.94 bits per heavy atom. The average molecular weight is 328 g/mol. The lowest BCUT2D eigenvalue weighted by Gasteiger charge is -2.32. The molecule has 2 aliphatic rings. The van der Waals surface area contributed by atoms with Crippen LogP contribution in [0.5, 0.6) is 0 Å². The zero-order valence-corrected chi connectivity index (χ0v) is 11.5. The molecule has 0 saturated heterocycles. The van der Waals surface area contributed by atoms with E-state index in [4.69, 9.17) is 4.74 Å². The molecule has 1 aromatic rings. The highest BCUT2D eigenvalue weighted by atomic mass is 127. The third-order valence-corrected chi connectivity index (χ3v) is 5.53. The molecule has 1 aromatic carbocycles. The minimum atomic E-state index is 0.503. The van der Waals surface area contributed by atoms with Crippen molar-refractivity contribution in [3.63, 3.8) is 0 Å². The van der Waals surface area contributed by atoms with Gasteiger partial charge in [0.25, 0.3) is 0 Å². The third kappa shape index (κ3) is 1.90. The zero-order chi connectivity index (χ0) is 11.0. The first-order valence-corrected chi connectivity index (χ1v) is 7.44. The van der Waals surface area contributed by atoms with Crippen LogP contribution in [0.2, 0.25) is 0 Å². The van der Waals surface area contributed by atoms with E-state index in [2.05, 4.69) is 46.9 Å².